The predicted octanol–water partition coefficient (Wildman–Crippen LogP) is 2.47. The van der Waals surface area contributed by atoms with Crippen molar-refractivity contribution >= 4 is 0 Å². The van der Waals surface area contributed by atoms with Gasteiger partial charge in [0.1, 0.15) is 6.61 Å². The van der Waals surface area contributed by atoms with Gasteiger partial charge in [0.05, 0.1) is 6.61 Å². The molecule has 20 heavy (non-hydrogen) atoms. The van der Waals surface area contributed by atoms with Crippen LogP contribution in [0.3, 0.4) is 0 Å². The third kappa shape index (κ3) is 5.22. The van der Waals surface area contributed by atoms with Crippen LogP contribution in [0.15, 0.2) is 0 Å². The molecule has 118 valence electrons. The van der Waals surface area contributed by atoms with Gasteiger partial charge in [-0.15, -0.1) is 0 Å². The monoisotopic (exact) mass is 294 g/mol. The molecule has 2 rings (SSSR count). The fourth-order valence-electron chi connectivity index (χ4n) is 3.48. The normalized spacial score (nSPS) is 31.6. The zero-order chi connectivity index (χ0) is 14.4. The van der Waals surface area contributed by atoms with E-state index in [2.05, 4.69) is 15.4 Å². The van der Waals surface area contributed by atoms with Crippen molar-refractivity contribution in [2.24, 2.45) is 5.92 Å². The Morgan fingerprint density at radius 1 is 1.10 bits per heavy atom. The van der Waals surface area contributed by atoms with E-state index in [1.807, 2.05) is 0 Å². The second-order valence-corrected chi connectivity index (χ2v) is 5.88. The second kappa shape index (κ2) is 7.61. The number of ether oxygens (including phenoxy) is 1. The third-order valence-electron chi connectivity index (χ3n) is 4.35. The molecule has 0 amide bonds. The highest BCUT2D eigenvalue weighted by Gasteiger charge is 2.33. The van der Waals surface area contributed by atoms with E-state index in [9.17, 15) is 13.2 Å². The van der Waals surface area contributed by atoms with Crippen molar-refractivity contribution in [3.05, 3.63) is 0 Å². The molecular weight excluding hydrogens is 269 g/mol. The molecule has 1 aliphatic heterocycles. The number of hydrogen-bond donors (Lipinski definition) is 2. The molecule has 2 aliphatic rings. The van der Waals surface area contributed by atoms with Gasteiger partial charge in [-0.25, -0.2) is 0 Å². The summed E-state index contributed by atoms with van der Waals surface area (Å²) in [5, 5.41) is 6.96. The van der Waals surface area contributed by atoms with Crippen molar-refractivity contribution in [2.75, 3.05) is 26.3 Å². The van der Waals surface area contributed by atoms with Gasteiger partial charge >= 0.3 is 6.18 Å². The number of alkyl halides is 3. The molecule has 2 fully saturated rings. The van der Waals surface area contributed by atoms with Crippen LogP contribution in [0.1, 0.15) is 38.5 Å². The summed E-state index contributed by atoms with van der Waals surface area (Å²) in [6.07, 6.45) is 3.08. The van der Waals surface area contributed by atoms with E-state index in [4.69, 9.17) is 0 Å². The summed E-state index contributed by atoms with van der Waals surface area (Å²) in [5.41, 5.74) is 0. The van der Waals surface area contributed by atoms with E-state index in [-0.39, 0.29) is 6.61 Å². The Morgan fingerprint density at radius 3 is 2.60 bits per heavy atom. The number of hydrogen-bond acceptors (Lipinski definition) is 3. The zero-order valence-electron chi connectivity index (χ0n) is 11.8. The van der Waals surface area contributed by atoms with Crippen molar-refractivity contribution < 1.29 is 17.9 Å². The van der Waals surface area contributed by atoms with Crippen molar-refractivity contribution in [3.63, 3.8) is 0 Å². The lowest BCUT2D eigenvalue weighted by Crippen LogP contribution is -2.47. The smallest absolute Gasteiger partial charge is 0.371 e. The first kappa shape index (κ1) is 16.0. The largest absolute Gasteiger partial charge is 0.411 e. The highest BCUT2D eigenvalue weighted by atomic mass is 19.4. The van der Waals surface area contributed by atoms with Crippen molar-refractivity contribution in [1.29, 1.82) is 0 Å². The van der Waals surface area contributed by atoms with E-state index in [1.165, 1.54) is 32.1 Å². The van der Waals surface area contributed by atoms with Crippen molar-refractivity contribution in [2.45, 2.75) is 56.8 Å². The molecule has 1 aliphatic carbocycles. The fourth-order valence-corrected chi connectivity index (χ4v) is 3.48. The molecule has 2 N–H and O–H groups in total. The van der Waals surface area contributed by atoms with Gasteiger partial charge in [0.2, 0.25) is 0 Å². The average molecular weight is 294 g/mol. The maximum atomic E-state index is 12.0. The van der Waals surface area contributed by atoms with Crippen LogP contribution >= 0.6 is 0 Å². The van der Waals surface area contributed by atoms with Crippen LogP contribution in [0.5, 0.6) is 0 Å². The SMILES string of the molecule is FC(F)(F)COCCNC1CCCCC1C1CCCN1. The van der Waals surface area contributed by atoms with Crippen molar-refractivity contribution in [3.8, 4) is 0 Å². The minimum atomic E-state index is -4.22. The highest BCUT2D eigenvalue weighted by Crippen LogP contribution is 2.30. The van der Waals surface area contributed by atoms with Gasteiger partial charge < -0.3 is 15.4 Å². The molecule has 0 aromatic heterocycles. The Labute approximate surface area is 118 Å². The average Bonchev–Trinajstić information content (AvgIpc) is 2.91. The summed E-state index contributed by atoms with van der Waals surface area (Å²) in [5.74, 6) is 0.619. The van der Waals surface area contributed by atoms with Gasteiger partial charge in [-0.05, 0) is 38.1 Å². The molecule has 6 heteroatoms. The summed E-state index contributed by atoms with van der Waals surface area (Å²) in [6.45, 7) is 0.584. The first-order valence-electron chi connectivity index (χ1n) is 7.67. The third-order valence-corrected chi connectivity index (χ3v) is 4.35. The highest BCUT2D eigenvalue weighted by molar-refractivity contribution is 4.91. The Morgan fingerprint density at radius 2 is 1.90 bits per heavy atom. The number of nitrogens with one attached hydrogen (secondary N) is 2. The molecule has 3 atom stereocenters. The molecule has 3 unspecified atom stereocenters. The molecule has 3 nitrogen and oxygen atoms in total. The maximum absolute atomic E-state index is 12.0. The van der Waals surface area contributed by atoms with Crippen LogP contribution in [-0.2, 0) is 4.74 Å². The van der Waals surface area contributed by atoms with Gasteiger partial charge in [-0.1, -0.05) is 12.8 Å². The van der Waals surface area contributed by atoms with Crippen LogP contribution in [0.4, 0.5) is 13.2 Å². The first-order chi connectivity index (χ1) is 9.56. The molecule has 1 saturated carbocycles. The second-order valence-electron chi connectivity index (χ2n) is 5.88. The van der Waals surface area contributed by atoms with Gasteiger partial charge in [-0.3, -0.25) is 0 Å². The Hall–Kier alpha value is -0.330. The molecule has 0 aromatic rings. The predicted molar refractivity (Wildman–Crippen MR) is 71.6 cm³/mol. The standard InChI is InChI=1S/C14H25F3N2O/c15-14(16,17)10-20-9-8-19-12-5-2-1-4-11(12)13-6-3-7-18-13/h11-13,18-19H,1-10H2. The lowest BCUT2D eigenvalue weighted by Gasteiger charge is -2.36. The fraction of sp³-hybridized carbons (Fsp3) is 1.00. The quantitative estimate of drug-likeness (QED) is 0.738. The van der Waals surface area contributed by atoms with E-state index in [0.717, 1.165) is 13.0 Å². The van der Waals surface area contributed by atoms with Crippen molar-refractivity contribution in [1.82, 2.24) is 10.6 Å². The van der Waals surface area contributed by atoms with E-state index >= 15 is 0 Å². The molecule has 1 saturated heterocycles. The summed E-state index contributed by atoms with van der Waals surface area (Å²) in [7, 11) is 0. The van der Waals surface area contributed by atoms with Crippen LogP contribution in [0.2, 0.25) is 0 Å². The molecular formula is C14H25F3N2O. The Bertz CT molecular complexity index is 280. The van der Waals surface area contributed by atoms with Gasteiger partial charge in [0.25, 0.3) is 0 Å². The van der Waals surface area contributed by atoms with E-state index < -0.39 is 12.8 Å². The lowest BCUT2D eigenvalue weighted by molar-refractivity contribution is -0.173. The first-order valence-corrected chi connectivity index (χ1v) is 7.67. The van der Waals surface area contributed by atoms with Crippen LogP contribution in [0, 0.1) is 5.92 Å². The Kier molecular flexibility index (Phi) is 6.11. The maximum Gasteiger partial charge on any atom is 0.411 e. The molecule has 0 bridgehead atoms. The van der Waals surface area contributed by atoms with E-state index in [0.29, 0.717) is 24.5 Å². The number of rotatable bonds is 6. The Balaban J connectivity index is 1.67. The topological polar surface area (TPSA) is 33.3 Å². The van der Waals surface area contributed by atoms with Crippen LogP contribution < -0.4 is 10.6 Å². The van der Waals surface area contributed by atoms with Crippen LogP contribution in [-0.4, -0.2) is 44.6 Å². The zero-order valence-corrected chi connectivity index (χ0v) is 11.8. The minimum absolute atomic E-state index is 0.126. The molecule has 1 heterocycles. The lowest BCUT2D eigenvalue weighted by atomic mass is 9.79. The molecule has 0 spiro atoms. The van der Waals surface area contributed by atoms with Crippen LogP contribution in [0.25, 0.3) is 0 Å². The summed E-state index contributed by atoms with van der Waals surface area (Å²) >= 11 is 0. The summed E-state index contributed by atoms with van der Waals surface area (Å²) < 4.78 is 40.5. The van der Waals surface area contributed by atoms with E-state index in [1.54, 1.807) is 0 Å². The molecule has 0 radical (unpaired) electrons. The molecule has 0 aromatic carbocycles. The summed E-state index contributed by atoms with van der Waals surface area (Å²) in [4.78, 5) is 0. The summed E-state index contributed by atoms with van der Waals surface area (Å²) in [6, 6.07) is 1.01. The van der Waals surface area contributed by atoms with Gasteiger partial charge in [-0.2, -0.15) is 13.2 Å². The van der Waals surface area contributed by atoms with Gasteiger partial charge in [0, 0.05) is 18.6 Å². The van der Waals surface area contributed by atoms with Gasteiger partial charge in [0.15, 0.2) is 0 Å². The number of halogens is 3. The minimum Gasteiger partial charge on any atom is -0.371 e.